The van der Waals surface area contributed by atoms with Gasteiger partial charge in [0.1, 0.15) is 17.5 Å². The Balaban J connectivity index is 1.62. The van der Waals surface area contributed by atoms with E-state index < -0.39 is 5.60 Å². The lowest BCUT2D eigenvalue weighted by atomic mass is 9.83. The minimum absolute atomic E-state index is 0.328. The summed E-state index contributed by atoms with van der Waals surface area (Å²) in [7, 11) is 1.67. The molecule has 3 aromatic carbocycles. The second-order valence-corrected chi connectivity index (χ2v) is 7.97. The highest BCUT2D eigenvalue weighted by Crippen LogP contribution is 2.39. The molecule has 0 aliphatic carbocycles. The van der Waals surface area contributed by atoms with Crippen LogP contribution in [0.3, 0.4) is 0 Å². The largest absolute Gasteiger partial charge is 0.496 e. The van der Waals surface area contributed by atoms with Gasteiger partial charge in [0.25, 0.3) is 0 Å². The number of para-hydroxylation sites is 1. The SMILES string of the molecule is COc1ccccc1-c1ccccc1C(C)(O)C1CN(Cc2ccccc2)CCO1. The van der Waals surface area contributed by atoms with Gasteiger partial charge in [0, 0.05) is 25.2 Å². The molecule has 0 aromatic heterocycles. The minimum atomic E-state index is -1.15. The highest BCUT2D eigenvalue weighted by atomic mass is 16.5. The Hall–Kier alpha value is -2.66. The van der Waals surface area contributed by atoms with Gasteiger partial charge in [-0.15, -0.1) is 0 Å². The zero-order valence-corrected chi connectivity index (χ0v) is 17.6. The first-order valence-electron chi connectivity index (χ1n) is 10.4. The number of ether oxygens (including phenoxy) is 2. The van der Waals surface area contributed by atoms with Gasteiger partial charge in [-0.25, -0.2) is 0 Å². The first-order valence-corrected chi connectivity index (χ1v) is 10.4. The van der Waals surface area contributed by atoms with Crippen molar-refractivity contribution in [1.82, 2.24) is 4.90 Å². The van der Waals surface area contributed by atoms with E-state index in [0.29, 0.717) is 13.2 Å². The Bertz CT molecular complexity index is 971. The first-order chi connectivity index (χ1) is 14.6. The van der Waals surface area contributed by atoms with Crippen LogP contribution in [0.2, 0.25) is 0 Å². The third-order valence-corrected chi connectivity index (χ3v) is 5.90. The van der Waals surface area contributed by atoms with Gasteiger partial charge in [-0.1, -0.05) is 72.8 Å². The first kappa shape index (κ1) is 20.6. The average Bonchev–Trinajstić information content (AvgIpc) is 2.80. The highest BCUT2D eigenvalue weighted by Gasteiger charge is 2.39. The average molecular weight is 404 g/mol. The monoisotopic (exact) mass is 403 g/mol. The van der Waals surface area contributed by atoms with Crippen molar-refractivity contribution in [2.24, 2.45) is 0 Å². The van der Waals surface area contributed by atoms with E-state index in [1.807, 2.05) is 61.5 Å². The van der Waals surface area contributed by atoms with Crippen LogP contribution in [0, 0.1) is 0 Å². The van der Waals surface area contributed by atoms with E-state index >= 15 is 0 Å². The Morgan fingerprint density at radius 1 is 0.967 bits per heavy atom. The maximum Gasteiger partial charge on any atom is 0.126 e. The summed E-state index contributed by atoms with van der Waals surface area (Å²) in [5.41, 5.74) is 2.90. The number of nitrogens with zero attached hydrogens (tertiary/aromatic N) is 1. The lowest BCUT2D eigenvalue weighted by Crippen LogP contribution is -2.51. The maximum atomic E-state index is 11.7. The molecule has 3 aromatic rings. The Kier molecular flexibility index (Phi) is 6.18. The van der Waals surface area contributed by atoms with Crippen LogP contribution in [0.15, 0.2) is 78.9 Å². The van der Waals surface area contributed by atoms with E-state index in [1.54, 1.807) is 7.11 Å². The van der Waals surface area contributed by atoms with E-state index in [2.05, 4.69) is 29.2 Å². The predicted molar refractivity (Wildman–Crippen MR) is 119 cm³/mol. The summed E-state index contributed by atoms with van der Waals surface area (Å²) in [6, 6.07) is 26.3. The minimum Gasteiger partial charge on any atom is -0.496 e. The van der Waals surface area contributed by atoms with E-state index in [-0.39, 0.29) is 6.10 Å². The van der Waals surface area contributed by atoms with Crippen LogP contribution in [0.4, 0.5) is 0 Å². The number of rotatable bonds is 6. The molecule has 1 saturated heterocycles. The van der Waals surface area contributed by atoms with Crippen LogP contribution in [0.5, 0.6) is 5.75 Å². The van der Waals surface area contributed by atoms with Gasteiger partial charge in [-0.3, -0.25) is 4.90 Å². The molecule has 1 aliphatic heterocycles. The van der Waals surface area contributed by atoms with Gasteiger partial charge in [0.05, 0.1) is 13.7 Å². The van der Waals surface area contributed by atoms with Crippen molar-refractivity contribution in [2.75, 3.05) is 26.8 Å². The van der Waals surface area contributed by atoms with E-state index in [4.69, 9.17) is 9.47 Å². The molecular weight excluding hydrogens is 374 g/mol. The Morgan fingerprint density at radius 2 is 1.63 bits per heavy atom. The van der Waals surface area contributed by atoms with Crippen molar-refractivity contribution < 1.29 is 14.6 Å². The number of hydrogen-bond donors (Lipinski definition) is 1. The van der Waals surface area contributed by atoms with Crippen LogP contribution >= 0.6 is 0 Å². The van der Waals surface area contributed by atoms with Crippen molar-refractivity contribution in [1.29, 1.82) is 0 Å². The topological polar surface area (TPSA) is 41.9 Å². The van der Waals surface area contributed by atoms with Crippen LogP contribution < -0.4 is 4.74 Å². The summed E-state index contributed by atoms with van der Waals surface area (Å²) in [4.78, 5) is 2.35. The van der Waals surface area contributed by atoms with E-state index in [9.17, 15) is 5.11 Å². The second-order valence-electron chi connectivity index (χ2n) is 7.97. The van der Waals surface area contributed by atoms with Crippen LogP contribution in [0.25, 0.3) is 11.1 Å². The molecule has 4 nitrogen and oxygen atoms in total. The van der Waals surface area contributed by atoms with Gasteiger partial charge in [0.2, 0.25) is 0 Å². The third-order valence-electron chi connectivity index (χ3n) is 5.90. The molecule has 4 heteroatoms. The normalized spacial score (nSPS) is 19.2. The molecule has 0 spiro atoms. The van der Waals surface area contributed by atoms with Gasteiger partial charge in [-0.05, 0) is 29.7 Å². The van der Waals surface area contributed by atoms with Crippen LogP contribution in [0.1, 0.15) is 18.1 Å². The van der Waals surface area contributed by atoms with Crippen molar-refractivity contribution in [3.8, 4) is 16.9 Å². The van der Waals surface area contributed by atoms with Crippen molar-refractivity contribution in [3.05, 3.63) is 90.0 Å². The molecule has 4 rings (SSSR count). The summed E-state index contributed by atoms with van der Waals surface area (Å²) in [6.07, 6.45) is -0.328. The zero-order chi connectivity index (χ0) is 21.0. The molecular formula is C26H29NO3. The summed E-state index contributed by atoms with van der Waals surface area (Å²) in [5, 5.41) is 11.7. The predicted octanol–water partition coefficient (Wildman–Crippen LogP) is 4.47. The molecule has 156 valence electrons. The van der Waals surface area contributed by atoms with E-state index in [1.165, 1.54) is 5.56 Å². The molecule has 1 aliphatic rings. The molecule has 0 saturated carbocycles. The smallest absolute Gasteiger partial charge is 0.126 e. The second kappa shape index (κ2) is 9.00. The molecule has 30 heavy (non-hydrogen) atoms. The molecule has 2 atom stereocenters. The molecule has 1 N–H and O–H groups in total. The molecule has 1 heterocycles. The fourth-order valence-electron chi connectivity index (χ4n) is 4.23. The zero-order valence-electron chi connectivity index (χ0n) is 17.6. The Morgan fingerprint density at radius 3 is 2.40 bits per heavy atom. The lowest BCUT2D eigenvalue weighted by Gasteiger charge is -2.41. The fourth-order valence-corrected chi connectivity index (χ4v) is 4.23. The van der Waals surface area contributed by atoms with Crippen LogP contribution in [-0.4, -0.2) is 42.9 Å². The number of methoxy groups -OCH3 is 1. The maximum absolute atomic E-state index is 11.7. The molecule has 0 radical (unpaired) electrons. The summed E-state index contributed by atoms with van der Waals surface area (Å²) in [6.45, 7) is 4.84. The summed E-state index contributed by atoms with van der Waals surface area (Å²) < 4.78 is 11.7. The highest BCUT2D eigenvalue weighted by molar-refractivity contribution is 5.74. The van der Waals surface area contributed by atoms with Gasteiger partial charge < -0.3 is 14.6 Å². The fraction of sp³-hybridized carbons (Fsp3) is 0.308. The molecule has 2 unspecified atom stereocenters. The quantitative estimate of drug-likeness (QED) is 0.659. The van der Waals surface area contributed by atoms with Crippen molar-refractivity contribution in [2.45, 2.75) is 25.2 Å². The van der Waals surface area contributed by atoms with Crippen LogP contribution in [-0.2, 0) is 16.9 Å². The summed E-state index contributed by atoms with van der Waals surface area (Å²) in [5.74, 6) is 0.788. The third kappa shape index (κ3) is 4.26. The van der Waals surface area contributed by atoms with Gasteiger partial charge in [-0.2, -0.15) is 0 Å². The van der Waals surface area contributed by atoms with Gasteiger partial charge >= 0.3 is 0 Å². The van der Waals surface area contributed by atoms with Crippen molar-refractivity contribution >= 4 is 0 Å². The lowest BCUT2D eigenvalue weighted by molar-refractivity contribution is -0.141. The summed E-state index contributed by atoms with van der Waals surface area (Å²) >= 11 is 0. The number of hydrogen-bond acceptors (Lipinski definition) is 4. The number of morpholine rings is 1. The molecule has 1 fully saturated rings. The number of aliphatic hydroxyl groups is 1. The molecule has 0 amide bonds. The standard InChI is InChI=1S/C26H29NO3/c1-26(28,25-19-27(16-17-30-25)18-20-10-4-3-5-11-20)23-14-8-6-12-21(23)22-13-7-9-15-24(22)29-2/h3-15,25,28H,16-19H2,1-2H3. The van der Waals surface area contributed by atoms with Gasteiger partial charge in [0.15, 0.2) is 0 Å². The Labute approximate surface area is 178 Å². The van der Waals surface area contributed by atoms with Crippen molar-refractivity contribution in [3.63, 3.8) is 0 Å². The molecule has 0 bridgehead atoms. The number of benzene rings is 3. The van der Waals surface area contributed by atoms with E-state index in [0.717, 1.165) is 35.5 Å².